The van der Waals surface area contributed by atoms with Crippen LogP contribution in [0.1, 0.15) is 91.5 Å². The van der Waals surface area contributed by atoms with Crippen LogP contribution in [0.4, 0.5) is 4.39 Å². The van der Waals surface area contributed by atoms with Gasteiger partial charge in [-0.1, -0.05) is 62.8 Å². The van der Waals surface area contributed by atoms with Gasteiger partial charge in [-0.15, -0.1) is 0 Å². The maximum Gasteiger partial charge on any atom is 0.126 e. The van der Waals surface area contributed by atoms with Crippen molar-refractivity contribution in [3.05, 3.63) is 76.6 Å². The lowest BCUT2D eigenvalue weighted by Gasteiger charge is -2.29. The second-order valence-corrected chi connectivity index (χ2v) is 8.96. The molecule has 0 heterocycles. The molecule has 1 heteroatoms. The lowest BCUT2D eigenvalue weighted by molar-refractivity contribution is 0.308. The molecule has 4 rings (SSSR count). The van der Waals surface area contributed by atoms with Crippen molar-refractivity contribution >= 4 is 6.08 Å². The van der Waals surface area contributed by atoms with Gasteiger partial charge in [0.2, 0.25) is 0 Å². The first-order valence-corrected chi connectivity index (χ1v) is 11.2. The molecule has 0 bridgehead atoms. The molecule has 1 saturated carbocycles. The van der Waals surface area contributed by atoms with Crippen molar-refractivity contribution in [1.82, 2.24) is 0 Å². The van der Waals surface area contributed by atoms with Crippen LogP contribution in [0.2, 0.25) is 0 Å². The van der Waals surface area contributed by atoms with Gasteiger partial charge in [-0.3, -0.25) is 0 Å². The van der Waals surface area contributed by atoms with Gasteiger partial charge in [0, 0.05) is 0 Å². The van der Waals surface area contributed by atoms with Gasteiger partial charge in [-0.05, 0) is 96.6 Å². The lowest BCUT2D eigenvalue weighted by atomic mass is 9.76. The molecule has 2 aromatic rings. The van der Waals surface area contributed by atoms with Crippen LogP contribution in [-0.4, -0.2) is 0 Å². The van der Waals surface area contributed by atoms with E-state index in [0.717, 1.165) is 30.7 Å². The number of fused-ring (bicyclic) bond motifs is 1. The van der Waals surface area contributed by atoms with Crippen LogP contribution in [-0.2, 0) is 12.8 Å². The second kappa shape index (κ2) is 8.64. The summed E-state index contributed by atoms with van der Waals surface area (Å²) in [5.74, 6) is 1.77. The van der Waals surface area contributed by atoms with Crippen molar-refractivity contribution in [1.29, 1.82) is 0 Å². The SMILES string of the molecule is C=Cc1ccc2c(c1)CCC(c1ccc(C3CCC(CCC)CC3)cc1F)C2. The Labute approximate surface area is 169 Å². The molecule has 2 aliphatic carbocycles. The second-order valence-electron chi connectivity index (χ2n) is 8.96. The highest BCUT2D eigenvalue weighted by molar-refractivity contribution is 5.51. The molecular weight excluding hydrogens is 343 g/mol. The third kappa shape index (κ3) is 4.09. The fraction of sp³-hybridized carbons (Fsp3) is 0.481. The highest BCUT2D eigenvalue weighted by atomic mass is 19.1. The minimum atomic E-state index is 0.0179. The summed E-state index contributed by atoms with van der Waals surface area (Å²) in [4.78, 5) is 0. The van der Waals surface area contributed by atoms with Gasteiger partial charge in [0.1, 0.15) is 5.82 Å². The number of hydrogen-bond donors (Lipinski definition) is 0. The maximum atomic E-state index is 15.1. The van der Waals surface area contributed by atoms with E-state index in [1.54, 1.807) is 0 Å². The average Bonchev–Trinajstić information content (AvgIpc) is 2.73. The van der Waals surface area contributed by atoms with Crippen LogP contribution in [0.15, 0.2) is 43.0 Å². The minimum absolute atomic E-state index is 0.0179. The summed E-state index contributed by atoms with van der Waals surface area (Å²) in [5, 5.41) is 0. The van der Waals surface area contributed by atoms with Gasteiger partial charge >= 0.3 is 0 Å². The monoisotopic (exact) mass is 376 g/mol. The Morgan fingerprint density at radius 3 is 2.50 bits per heavy atom. The van der Waals surface area contributed by atoms with E-state index in [9.17, 15) is 0 Å². The fourth-order valence-corrected chi connectivity index (χ4v) is 5.49. The number of halogens is 1. The van der Waals surface area contributed by atoms with Gasteiger partial charge in [-0.25, -0.2) is 4.39 Å². The number of rotatable bonds is 5. The molecule has 0 nitrogen and oxygen atoms in total. The van der Waals surface area contributed by atoms with Crippen molar-refractivity contribution < 1.29 is 4.39 Å². The summed E-state index contributed by atoms with van der Waals surface area (Å²) in [5.41, 5.74) is 6.11. The number of hydrogen-bond acceptors (Lipinski definition) is 0. The summed E-state index contributed by atoms with van der Waals surface area (Å²) in [7, 11) is 0. The van der Waals surface area contributed by atoms with Gasteiger partial charge in [-0.2, -0.15) is 0 Å². The Hall–Kier alpha value is -1.89. The van der Waals surface area contributed by atoms with Crippen molar-refractivity contribution in [3.63, 3.8) is 0 Å². The summed E-state index contributed by atoms with van der Waals surface area (Å²) < 4.78 is 15.1. The van der Waals surface area contributed by atoms with E-state index in [-0.39, 0.29) is 5.82 Å². The molecule has 0 saturated heterocycles. The zero-order valence-electron chi connectivity index (χ0n) is 17.2. The Morgan fingerprint density at radius 2 is 1.79 bits per heavy atom. The molecule has 1 atom stereocenters. The van der Waals surface area contributed by atoms with Gasteiger partial charge in [0.05, 0.1) is 0 Å². The third-order valence-corrected chi connectivity index (χ3v) is 7.17. The molecule has 2 aliphatic rings. The van der Waals surface area contributed by atoms with E-state index >= 15 is 4.39 Å². The van der Waals surface area contributed by atoms with Crippen LogP contribution >= 0.6 is 0 Å². The van der Waals surface area contributed by atoms with Gasteiger partial charge < -0.3 is 0 Å². The smallest absolute Gasteiger partial charge is 0.126 e. The van der Waals surface area contributed by atoms with E-state index in [4.69, 9.17) is 0 Å². The highest BCUT2D eigenvalue weighted by Gasteiger charge is 2.25. The molecule has 1 unspecified atom stereocenters. The minimum Gasteiger partial charge on any atom is -0.207 e. The molecule has 0 radical (unpaired) electrons. The van der Waals surface area contributed by atoms with Crippen molar-refractivity contribution in [2.45, 2.75) is 76.5 Å². The molecular formula is C27H33F. The summed E-state index contributed by atoms with van der Waals surface area (Å²) in [6.07, 6.45) is 12.7. The molecule has 0 amide bonds. The molecule has 2 aromatic carbocycles. The Morgan fingerprint density at radius 1 is 0.964 bits per heavy atom. The first-order chi connectivity index (χ1) is 13.7. The standard InChI is InChI=1S/C27H33F/c1-3-5-20-7-9-21(10-8-20)24-14-15-26(27(28)18-24)25-13-12-22-16-19(4-2)6-11-23(22)17-25/h4,6,11,14-16,18,20-21,25H,2-3,5,7-10,12-13,17H2,1H3. The van der Waals surface area contributed by atoms with Gasteiger partial charge in [0.25, 0.3) is 0 Å². The Bertz CT molecular complexity index is 826. The zero-order valence-corrected chi connectivity index (χ0v) is 17.2. The van der Waals surface area contributed by atoms with Crippen LogP contribution in [0.5, 0.6) is 0 Å². The van der Waals surface area contributed by atoms with E-state index in [2.05, 4.69) is 43.8 Å². The van der Waals surface area contributed by atoms with Crippen LogP contribution in [0.25, 0.3) is 6.08 Å². The van der Waals surface area contributed by atoms with Crippen LogP contribution in [0, 0.1) is 11.7 Å². The van der Waals surface area contributed by atoms with Crippen molar-refractivity contribution in [2.24, 2.45) is 5.92 Å². The van der Waals surface area contributed by atoms with Gasteiger partial charge in [0.15, 0.2) is 0 Å². The summed E-state index contributed by atoms with van der Waals surface area (Å²) in [6.45, 7) is 6.14. The Balaban J connectivity index is 1.46. The zero-order chi connectivity index (χ0) is 19.5. The molecule has 1 fully saturated rings. The van der Waals surface area contributed by atoms with Crippen molar-refractivity contribution in [2.75, 3.05) is 0 Å². The predicted octanol–water partition coefficient (Wildman–Crippen LogP) is 7.82. The molecule has 0 spiro atoms. The van der Waals surface area contributed by atoms with E-state index in [1.807, 2.05) is 12.1 Å². The molecule has 0 aliphatic heterocycles. The highest BCUT2D eigenvalue weighted by Crippen LogP contribution is 2.39. The molecule has 28 heavy (non-hydrogen) atoms. The average molecular weight is 377 g/mol. The molecule has 0 N–H and O–H groups in total. The number of benzene rings is 2. The fourth-order valence-electron chi connectivity index (χ4n) is 5.49. The van der Waals surface area contributed by atoms with Crippen LogP contribution in [0.3, 0.4) is 0 Å². The van der Waals surface area contributed by atoms with E-state index in [1.165, 1.54) is 60.8 Å². The molecule has 148 valence electrons. The lowest BCUT2D eigenvalue weighted by Crippen LogP contribution is -2.16. The molecule has 0 aromatic heterocycles. The first-order valence-electron chi connectivity index (χ1n) is 11.2. The quantitative estimate of drug-likeness (QED) is 0.499. The van der Waals surface area contributed by atoms with E-state index in [0.29, 0.717) is 11.8 Å². The number of aryl methyl sites for hydroxylation is 1. The third-order valence-electron chi connectivity index (χ3n) is 7.17. The van der Waals surface area contributed by atoms with E-state index < -0.39 is 0 Å². The normalized spacial score (nSPS) is 24.6. The predicted molar refractivity (Wildman–Crippen MR) is 117 cm³/mol. The topological polar surface area (TPSA) is 0 Å². The maximum absolute atomic E-state index is 15.1. The largest absolute Gasteiger partial charge is 0.207 e. The summed E-state index contributed by atoms with van der Waals surface area (Å²) in [6, 6.07) is 12.8. The Kier molecular flexibility index (Phi) is 5.99. The van der Waals surface area contributed by atoms with Crippen molar-refractivity contribution in [3.8, 4) is 0 Å². The first kappa shape index (κ1) is 19.4. The van der Waals surface area contributed by atoms with Crippen LogP contribution < -0.4 is 0 Å². The summed E-state index contributed by atoms with van der Waals surface area (Å²) >= 11 is 0.